The number of rotatable bonds is 5. The van der Waals surface area contributed by atoms with E-state index >= 15 is 0 Å². The second-order valence-corrected chi connectivity index (χ2v) is 9.26. The van der Waals surface area contributed by atoms with Gasteiger partial charge in [-0.3, -0.25) is 9.59 Å². The summed E-state index contributed by atoms with van der Waals surface area (Å²) in [5, 5.41) is 9.46. The van der Waals surface area contributed by atoms with E-state index in [2.05, 4.69) is 11.1 Å². The molecule has 2 aromatic rings. The fourth-order valence-electron chi connectivity index (χ4n) is 5.09. The van der Waals surface area contributed by atoms with Crippen molar-refractivity contribution in [2.45, 2.75) is 25.9 Å². The molecular weight excluding hydrogens is 462 g/mol. The molecule has 188 valence electrons. The molecule has 2 amide bonds. The van der Waals surface area contributed by atoms with Crippen LogP contribution in [-0.4, -0.2) is 79.1 Å². The standard InChI is InChI=1S/C26H29N5O5/c1-17(32)29-7-5-18(15-29)26(33)30-8-6-22(16-30)36-21-3-4-24-23(12-21)31(9-10-35-24)20-11-19(13-27)25(34-2)28-14-20/h3-4,11-12,14,18,22H,5-10,15-16H2,1-2H3/t18-,22+/m1/s1. The monoisotopic (exact) mass is 491 g/mol. The lowest BCUT2D eigenvalue weighted by atomic mass is 10.1. The molecule has 36 heavy (non-hydrogen) atoms. The van der Waals surface area contributed by atoms with E-state index in [9.17, 15) is 14.9 Å². The lowest BCUT2D eigenvalue weighted by molar-refractivity contribution is -0.134. The van der Waals surface area contributed by atoms with Crippen molar-refractivity contribution in [1.82, 2.24) is 14.8 Å². The Bertz CT molecular complexity index is 1210. The van der Waals surface area contributed by atoms with E-state index in [1.807, 2.05) is 28.0 Å². The first-order valence-corrected chi connectivity index (χ1v) is 12.2. The number of fused-ring (bicyclic) bond motifs is 1. The number of methoxy groups -OCH3 is 1. The summed E-state index contributed by atoms with van der Waals surface area (Å²) in [6.07, 6.45) is 3.04. The molecule has 1 aromatic carbocycles. The molecule has 5 rings (SSSR count). The van der Waals surface area contributed by atoms with Gasteiger partial charge >= 0.3 is 0 Å². The van der Waals surface area contributed by atoms with Crippen LogP contribution >= 0.6 is 0 Å². The number of amides is 2. The highest BCUT2D eigenvalue weighted by molar-refractivity contribution is 5.82. The zero-order chi connectivity index (χ0) is 25.2. The van der Waals surface area contributed by atoms with E-state index in [4.69, 9.17) is 14.2 Å². The average molecular weight is 492 g/mol. The highest BCUT2D eigenvalue weighted by Crippen LogP contribution is 2.40. The zero-order valence-electron chi connectivity index (χ0n) is 20.5. The number of pyridine rings is 1. The van der Waals surface area contributed by atoms with Gasteiger partial charge in [-0.1, -0.05) is 0 Å². The Morgan fingerprint density at radius 3 is 2.72 bits per heavy atom. The number of aromatic nitrogens is 1. The number of ether oxygens (including phenoxy) is 3. The van der Waals surface area contributed by atoms with Crippen molar-refractivity contribution in [1.29, 1.82) is 5.26 Å². The Labute approximate surface area is 210 Å². The molecule has 4 heterocycles. The summed E-state index contributed by atoms with van der Waals surface area (Å²) in [5.74, 6) is 1.71. The highest BCUT2D eigenvalue weighted by atomic mass is 16.5. The molecule has 1 aromatic heterocycles. The van der Waals surface area contributed by atoms with Crippen molar-refractivity contribution in [3.8, 4) is 23.4 Å². The maximum absolute atomic E-state index is 13.0. The highest BCUT2D eigenvalue weighted by Gasteiger charge is 2.36. The minimum Gasteiger partial charge on any atom is -0.490 e. The quantitative estimate of drug-likeness (QED) is 0.627. The number of nitriles is 1. The fourth-order valence-corrected chi connectivity index (χ4v) is 5.09. The largest absolute Gasteiger partial charge is 0.490 e. The lowest BCUT2D eigenvalue weighted by Gasteiger charge is -2.31. The minimum atomic E-state index is -0.126. The number of benzene rings is 1. The number of carbonyl (C=O) groups is 2. The van der Waals surface area contributed by atoms with Gasteiger partial charge in [0.05, 0.1) is 43.7 Å². The fraction of sp³-hybridized carbons (Fsp3) is 0.462. The van der Waals surface area contributed by atoms with Crippen LogP contribution in [-0.2, 0) is 9.59 Å². The van der Waals surface area contributed by atoms with Gasteiger partial charge in [-0.05, 0) is 24.6 Å². The van der Waals surface area contributed by atoms with Gasteiger partial charge in [0.15, 0.2) is 0 Å². The summed E-state index contributed by atoms with van der Waals surface area (Å²) in [7, 11) is 1.49. The maximum Gasteiger partial charge on any atom is 0.231 e. The normalized spacial score (nSPS) is 21.0. The second-order valence-electron chi connectivity index (χ2n) is 9.26. The molecule has 0 spiro atoms. The molecule has 0 bridgehead atoms. The minimum absolute atomic E-state index is 0.0210. The van der Waals surface area contributed by atoms with Gasteiger partial charge in [0, 0.05) is 39.0 Å². The third-order valence-electron chi connectivity index (χ3n) is 7.00. The molecule has 2 atom stereocenters. The van der Waals surface area contributed by atoms with Crippen molar-refractivity contribution in [2.75, 3.05) is 51.3 Å². The number of likely N-dealkylation sites (tertiary alicyclic amines) is 2. The third-order valence-corrected chi connectivity index (χ3v) is 7.00. The number of hydrogen-bond donors (Lipinski definition) is 0. The Kier molecular flexibility index (Phi) is 6.55. The molecule has 10 heteroatoms. The van der Waals surface area contributed by atoms with E-state index in [-0.39, 0.29) is 23.8 Å². The van der Waals surface area contributed by atoms with Crippen LogP contribution in [0.3, 0.4) is 0 Å². The second kappa shape index (κ2) is 9.93. The predicted octanol–water partition coefficient (Wildman–Crippen LogP) is 2.34. The van der Waals surface area contributed by atoms with Crippen LogP contribution in [0.1, 0.15) is 25.3 Å². The molecule has 0 aliphatic carbocycles. The van der Waals surface area contributed by atoms with Gasteiger partial charge in [0.2, 0.25) is 17.7 Å². The van der Waals surface area contributed by atoms with Crippen LogP contribution in [0.25, 0.3) is 0 Å². The van der Waals surface area contributed by atoms with Gasteiger partial charge < -0.3 is 28.9 Å². The van der Waals surface area contributed by atoms with Gasteiger partial charge in [-0.15, -0.1) is 0 Å². The Morgan fingerprint density at radius 2 is 1.97 bits per heavy atom. The summed E-state index contributed by atoms with van der Waals surface area (Å²) in [6, 6.07) is 9.57. The zero-order valence-corrected chi connectivity index (χ0v) is 20.5. The van der Waals surface area contributed by atoms with Crippen LogP contribution in [0, 0.1) is 17.2 Å². The van der Waals surface area contributed by atoms with E-state index in [1.54, 1.807) is 24.1 Å². The van der Waals surface area contributed by atoms with Gasteiger partial charge in [0.25, 0.3) is 0 Å². The van der Waals surface area contributed by atoms with Gasteiger partial charge in [-0.2, -0.15) is 5.26 Å². The van der Waals surface area contributed by atoms with Crippen molar-refractivity contribution >= 4 is 23.2 Å². The number of nitrogens with zero attached hydrogens (tertiary/aromatic N) is 5. The Morgan fingerprint density at radius 1 is 1.14 bits per heavy atom. The SMILES string of the molecule is COc1ncc(N2CCOc3ccc(O[C@H]4CCN(C(=O)[C@@H]5CCN(C(C)=O)C5)C4)cc32)cc1C#N. The van der Waals surface area contributed by atoms with Crippen molar-refractivity contribution in [3.63, 3.8) is 0 Å². The lowest BCUT2D eigenvalue weighted by Crippen LogP contribution is -2.37. The predicted molar refractivity (Wildman–Crippen MR) is 130 cm³/mol. The molecule has 0 radical (unpaired) electrons. The average Bonchev–Trinajstić information content (AvgIpc) is 3.58. The summed E-state index contributed by atoms with van der Waals surface area (Å²) >= 11 is 0. The maximum atomic E-state index is 13.0. The van der Waals surface area contributed by atoms with E-state index in [0.717, 1.165) is 30.0 Å². The third kappa shape index (κ3) is 4.61. The molecular formula is C26H29N5O5. The van der Waals surface area contributed by atoms with E-state index < -0.39 is 0 Å². The Hall–Kier alpha value is -4.00. The Balaban J connectivity index is 1.27. The molecule has 0 unspecified atom stereocenters. The molecule has 3 aliphatic heterocycles. The first-order chi connectivity index (χ1) is 17.5. The molecule has 0 N–H and O–H groups in total. The molecule has 10 nitrogen and oxygen atoms in total. The first-order valence-electron chi connectivity index (χ1n) is 12.2. The van der Waals surface area contributed by atoms with Crippen LogP contribution in [0.4, 0.5) is 11.4 Å². The summed E-state index contributed by atoms with van der Waals surface area (Å²) in [6.45, 7) is 4.97. The number of hydrogen-bond acceptors (Lipinski definition) is 8. The van der Waals surface area contributed by atoms with Crippen LogP contribution < -0.4 is 19.1 Å². The van der Waals surface area contributed by atoms with Crippen LogP contribution in [0.15, 0.2) is 30.5 Å². The summed E-state index contributed by atoms with van der Waals surface area (Å²) in [4.78, 5) is 34.5. The smallest absolute Gasteiger partial charge is 0.231 e. The molecule has 2 fully saturated rings. The van der Waals surface area contributed by atoms with E-state index in [0.29, 0.717) is 56.5 Å². The molecule has 0 saturated carbocycles. The topological polar surface area (TPSA) is 108 Å². The summed E-state index contributed by atoms with van der Waals surface area (Å²) in [5.41, 5.74) is 1.96. The number of anilines is 2. The first kappa shape index (κ1) is 23.7. The van der Waals surface area contributed by atoms with Crippen LogP contribution in [0.2, 0.25) is 0 Å². The van der Waals surface area contributed by atoms with E-state index in [1.165, 1.54) is 7.11 Å². The summed E-state index contributed by atoms with van der Waals surface area (Å²) < 4.78 is 17.3. The van der Waals surface area contributed by atoms with Crippen molar-refractivity contribution in [3.05, 3.63) is 36.0 Å². The van der Waals surface area contributed by atoms with Crippen LogP contribution in [0.5, 0.6) is 17.4 Å². The molecule has 3 aliphatic rings. The van der Waals surface area contributed by atoms with Crippen molar-refractivity contribution in [2.24, 2.45) is 5.92 Å². The molecule has 2 saturated heterocycles. The number of carbonyl (C=O) groups excluding carboxylic acids is 2. The van der Waals surface area contributed by atoms with Gasteiger partial charge in [0.1, 0.15) is 35.8 Å². The van der Waals surface area contributed by atoms with Gasteiger partial charge in [-0.25, -0.2) is 4.98 Å². The van der Waals surface area contributed by atoms with Crippen molar-refractivity contribution < 1.29 is 23.8 Å².